The predicted octanol–water partition coefficient (Wildman–Crippen LogP) is 3.85. The Balaban J connectivity index is 2.36. The summed E-state index contributed by atoms with van der Waals surface area (Å²) in [5, 5.41) is 3.81. The van der Waals surface area contributed by atoms with E-state index in [0.717, 1.165) is 18.6 Å². The first-order valence-electron chi connectivity index (χ1n) is 6.13. The summed E-state index contributed by atoms with van der Waals surface area (Å²) in [4.78, 5) is 4.16. The Bertz CT molecular complexity index is 607. The number of halogens is 3. The molecule has 4 nitrogen and oxygen atoms in total. The molecule has 0 radical (unpaired) electrons. The van der Waals surface area contributed by atoms with Gasteiger partial charge in [-0.2, -0.15) is 18.2 Å². The van der Waals surface area contributed by atoms with E-state index >= 15 is 0 Å². The third-order valence-corrected chi connectivity index (χ3v) is 3.10. The molecule has 0 bridgehead atoms. The van der Waals surface area contributed by atoms with Crippen molar-refractivity contribution in [3.8, 4) is 11.5 Å². The Kier molecular flexibility index (Phi) is 3.69. The first-order chi connectivity index (χ1) is 9.32. The van der Waals surface area contributed by atoms with Gasteiger partial charge in [0.05, 0.1) is 11.1 Å². The van der Waals surface area contributed by atoms with Gasteiger partial charge in [0.1, 0.15) is 0 Å². The zero-order valence-electron chi connectivity index (χ0n) is 11.0. The number of nitrogens with zero attached hydrogens (tertiary/aromatic N) is 2. The average Bonchev–Trinajstić information content (AvgIpc) is 2.86. The van der Waals surface area contributed by atoms with E-state index in [9.17, 15) is 13.2 Å². The summed E-state index contributed by atoms with van der Waals surface area (Å²) in [6, 6.07) is 3.05. The molecule has 0 aliphatic rings. The minimum atomic E-state index is -4.43. The van der Waals surface area contributed by atoms with Gasteiger partial charge in [0.25, 0.3) is 5.89 Å². The highest BCUT2D eigenvalue weighted by molar-refractivity contribution is 5.71. The summed E-state index contributed by atoms with van der Waals surface area (Å²) in [7, 11) is 0. The molecule has 0 saturated carbocycles. The smallest absolute Gasteiger partial charge is 0.398 e. The summed E-state index contributed by atoms with van der Waals surface area (Å²) < 4.78 is 42.7. The van der Waals surface area contributed by atoms with E-state index in [1.54, 1.807) is 0 Å². The van der Waals surface area contributed by atoms with E-state index in [0.29, 0.717) is 11.4 Å². The van der Waals surface area contributed by atoms with Crippen molar-refractivity contribution in [2.24, 2.45) is 0 Å². The van der Waals surface area contributed by atoms with Crippen LogP contribution in [0.1, 0.15) is 37.6 Å². The number of anilines is 1. The molecule has 0 saturated heterocycles. The number of aromatic nitrogens is 2. The minimum Gasteiger partial charge on any atom is -0.398 e. The van der Waals surface area contributed by atoms with Gasteiger partial charge < -0.3 is 10.3 Å². The second kappa shape index (κ2) is 5.15. The quantitative estimate of drug-likeness (QED) is 0.870. The summed E-state index contributed by atoms with van der Waals surface area (Å²) >= 11 is 0. The molecule has 2 N–H and O–H groups in total. The zero-order valence-corrected chi connectivity index (χ0v) is 11.0. The lowest BCUT2D eigenvalue weighted by atomic mass is 10.1. The van der Waals surface area contributed by atoms with Gasteiger partial charge in [-0.1, -0.05) is 19.0 Å². The Morgan fingerprint density at radius 1 is 1.35 bits per heavy atom. The fourth-order valence-electron chi connectivity index (χ4n) is 1.66. The molecule has 1 aromatic carbocycles. The van der Waals surface area contributed by atoms with Gasteiger partial charge in [-0.15, -0.1) is 0 Å². The maximum absolute atomic E-state index is 12.6. The Morgan fingerprint density at radius 3 is 2.60 bits per heavy atom. The molecule has 0 fully saturated rings. The van der Waals surface area contributed by atoms with E-state index in [1.807, 2.05) is 13.8 Å². The minimum absolute atomic E-state index is 0.0424. The van der Waals surface area contributed by atoms with Crippen LogP contribution in [0.3, 0.4) is 0 Å². The zero-order chi connectivity index (χ0) is 14.9. The summed E-state index contributed by atoms with van der Waals surface area (Å²) in [6.07, 6.45) is -3.59. The maximum Gasteiger partial charge on any atom is 0.416 e. The first-order valence-corrected chi connectivity index (χ1v) is 6.13. The molecular weight excluding hydrogens is 271 g/mol. The van der Waals surface area contributed by atoms with E-state index in [1.165, 1.54) is 6.07 Å². The van der Waals surface area contributed by atoms with Crippen LogP contribution >= 0.6 is 0 Å². The number of alkyl halides is 3. The van der Waals surface area contributed by atoms with Crippen molar-refractivity contribution in [2.75, 3.05) is 5.73 Å². The summed E-state index contributed by atoms with van der Waals surface area (Å²) in [5.41, 5.74) is 5.10. The number of rotatable bonds is 3. The van der Waals surface area contributed by atoms with Gasteiger partial charge in [-0.25, -0.2) is 0 Å². The number of benzene rings is 1. The monoisotopic (exact) mass is 285 g/mol. The van der Waals surface area contributed by atoms with Crippen LogP contribution in [0.15, 0.2) is 22.7 Å². The van der Waals surface area contributed by atoms with Gasteiger partial charge in [0.2, 0.25) is 0 Å². The highest BCUT2D eigenvalue weighted by Gasteiger charge is 2.31. The lowest BCUT2D eigenvalue weighted by molar-refractivity contribution is -0.137. The number of hydrogen-bond donors (Lipinski definition) is 1. The summed E-state index contributed by atoms with van der Waals surface area (Å²) in [6.45, 7) is 3.91. The lowest BCUT2D eigenvalue weighted by Gasteiger charge is -2.08. The Labute approximate surface area is 113 Å². The van der Waals surface area contributed by atoms with Gasteiger partial charge in [-0.3, -0.25) is 0 Å². The van der Waals surface area contributed by atoms with Crippen LogP contribution in [-0.2, 0) is 6.18 Å². The molecule has 0 aliphatic heterocycles. The number of hydrogen-bond acceptors (Lipinski definition) is 4. The Morgan fingerprint density at radius 2 is 2.05 bits per heavy atom. The van der Waals surface area contributed by atoms with Crippen LogP contribution in [0.25, 0.3) is 11.5 Å². The molecular formula is C13H14F3N3O. The predicted molar refractivity (Wildman–Crippen MR) is 67.9 cm³/mol. The van der Waals surface area contributed by atoms with Crippen molar-refractivity contribution in [1.29, 1.82) is 0 Å². The van der Waals surface area contributed by atoms with Crippen LogP contribution in [0, 0.1) is 0 Å². The van der Waals surface area contributed by atoms with Crippen molar-refractivity contribution in [1.82, 2.24) is 10.1 Å². The fourth-order valence-corrected chi connectivity index (χ4v) is 1.66. The second-order valence-electron chi connectivity index (χ2n) is 4.57. The van der Waals surface area contributed by atoms with E-state index < -0.39 is 11.7 Å². The third-order valence-electron chi connectivity index (χ3n) is 3.10. The lowest BCUT2D eigenvalue weighted by Crippen LogP contribution is -2.06. The SMILES string of the molecule is CCC(C)c1noc(-c2ccc(C(F)(F)F)cc2N)n1. The molecule has 2 rings (SSSR count). The van der Waals surface area contributed by atoms with E-state index in [4.69, 9.17) is 10.3 Å². The largest absolute Gasteiger partial charge is 0.416 e. The highest BCUT2D eigenvalue weighted by atomic mass is 19.4. The van der Waals surface area contributed by atoms with Crippen LogP contribution in [0.2, 0.25) is 0 Å². The molecule has 1 heterocycles. The molecule has 0 aliphatic carbocycles. The first kappa shape index (κ1) is 14.4. The molecule has 1 unspecified atom stereocenters. The molecule has 0 spiro atoms. The number of nitrogens with two attached hydrogens (primary N) is 1. The van der Waals surface area contributed by atoms with Gasteiger partial charge in [0, 0.05) is 11.6 Å². The second-order valence-corrected chi connectivity index (χ2v) is 4.57. The molecule has 0 amide bonds. The Hall–Kier alpha value is -2.05. The van der Waals surface area contributed by atoms with Crippen LogP contribution < -0.4 is 5.73 Å². The normalized spacial score (nSPS) is 13.4. The third kappa shape index (κ3) is 2.76. The average molecular weight is 285 g/mol. The van der Waals surface area contributed by atoms with Crippen molar-refractivity contribution in [3.63, 3.8) is 0 Å². The van der Waals surface area contributed by atoms with Crippen molar-refractivity contribution >= 4 is 5.69 Å². The van der Waals surface area contributed by atoms with Crippen LogP contribution in [-0.4, -0.2) is 10.1 Å². The molecule has 20 heavy (non-hydrogen) atoms. The van der Waals surface area contributed by atoms with Crippen molar-refractivity contribution < 1.29 is 17.7 Å². The molecule has 1 atom stereocenters. The van der Waals surface area contributed by atoms with E-state index in [-0.39, 0.29) is 17.5 Å². The van der Waals surface area contributed by atoms with Gasteiger partial charge in [0.15, 0.2) is 5.82 Å². The van der Waals surface area contributed by atoms with Gasteiger partial charge in [-0.05, 0) is 24.6 Å². The number of nitrogen functional groups attached to an aromatic ring is 1. The highest BCUT2D eigenvalue weighted by Crippen LogP contribution is 2.34. The van der Waals surface area contributed by atoms with E-state index in [2.05, 4.69) is 10.1 Å². The van der Waals surface area contributed by atoms with Crippen LogP contribution in [0.4, 0.5) is 18.9 Å². The topological polar surface area (TPSA) is 64.9 Å². The van der Waals surface area contributed by atoms with Crippen molar-refractivity contribution in [3.05, 3.63) is 29.6 Å². The fraction of sp³-hybridized carbons (Fsp3) is 0.385. The summed E-state index contributed by atoms with van der Waals surface area (Å²) in [5.74, 6) is 0.761. The molecule has 7 heteroatoms. The van der Waals surface area contributed by atoms with Crippen LogP contribution in [0.5, 0.6) is 0 Å². The van der Waals surface area contributed by atoms with Crippen molar-refractivity contribution in [2.45, 2.75) is 32.4 Å². The molecule has 2 aromatic rings. The standard InChI is InChI=1S/C13H14F3N3O/c1-3-7(2)11-18-12(20-19-11)9-5-4-8(6-10(9)17)13(14,15)16/h4-7H,3,17H2,1-2H3. The maximum atomic E-state index is 12.6. The molecule has 1 aromatic heterocycles. The molecule has 108 valence electrons. The van der Waals surface area contributed by atoms with Gasteiger partial charge >= 0.3 is 6.18 Å².